The first-order valence-corrected chi connectivity index (χ1v) is 8.58. The van der Waals surface area contributed by atoms with E-state index in [1.165, 1.54) is 12.8 Å². The maximum absolute atomic E-state index is 11.9. The zero-order valence-electron chi connectivity index (χ0n) is 12.2. The Labute approximate surface area is 129 Å². The van der Waals surface area contributed by atoms with Gasteiger partial charge in [-0.3, -0.25) is 4.79 Å². The molecule has 3 heterocycles. The van der Waals surface area contributed by atoms with E-state index in [9.17, 15) is 4.79 Å². The average Bonchev–Trinajstić information content (AvgIpc) is 2.51. The summed E-state index contributed by atoms with van der Waals surface area (Å²) in [5, 5.41) is 4.73. The van der Waals surface area contributed by atoms with Crippen molar-refractivity contribution in [1.82, 2.24) is 15.3 Å². The SMILES string of the molecule is CS/C=C/CNC(=O)c1cnc(N2CC3CC(C3)C2)cn1. The van der Waals surface area contributed by atoms with Crippen molar-refractivity contribution in [2.75, 3.05) is 30.8 Å². The van der Waals surface area contributed by atoms with Crippen LogP contribution in [0.15, 0.2) is 23.9 Å². The highest BCUT2D eigenvalue weighted by Crippen LogP contribution is 2.40. The number of hydrogen-bond acceptors (Lipinski definition) is 5. The van der Waals surface area contributed by atoms with Crippen LogP contribution in [0.25, 0.3) is 0 Å². The van der Waals surface area contributed by atoms with E-state index in [1.54, 1.807) is 24.2 Å². The molecule has 5 nitrogen and oxygen atoms in total. The number of nitrogens with zero attached hydrogens (tertiary/aromatic N) is 3. The lowest BCUT2D eigenvalue weighted by Crippen LogP contribution is -2.49. The van der Waals surface area contributed by atoms with Crippen LogP contribution in [0.1, 0.15) is 23.3 Å². The summed E-state index contributed by atoms with van der Waals surface area (Å²) in [5.74, 6) is 2.37. The number of thioether (sulfide) groups is 1. The van der Waals surface area contributed by atoms with Gasteiger partial charge in [0, 0.05) is 19.6 Å². The van der Waals surface area contributed by atoms with Gasteiger partial charge in [0.25, 0.3) is 5.91 Å². The van der Waals surface area contributed by atoms with Crippen LogP contribution in [0, 0.1) is 11.8 Å². The van der Waals surface area contributed by atoms with E-state index < -0.39 is 0 Å². The van der Waals surface area contributed by atoms with Gasteiger partial charge in [-0.05, 0) is 36.3 Å². The number of nitrogens with one attached hydrogen (secondary N) is 1. The second kappa shape index (κ2) is 6.47. The summed E-state index contributed by atoms with van der Waals surface area (Å²) in [7, 11) is 0. The molecule has 2 saturated heterocycles. The smallest absolute Gasteiger partial charge is 0.271 e. The minimum Gasteiger partial charge on any atom is -0.355 e. The van der Waals surface area contributed by atoms with E-state index in [0.29, 0.717) is 12.2 Å². The molecule has 3 aliphatic rings. The van der Waals surface area contributed by atoms with Gasteiger partial charge in [-0.15, -0.1) is 11.8 Å². The number of piperidine rings is 2. The molecular weight excluding hydrogens is 284 g/mol. The molecule has 0 radical (unpaired) electrons. The number of carbonyl (C=O) groups is 1. The van der Waals surface area contributed by atoms with Crippen molar-refractivity contribution >= 4 is 23.5 Å². The highest BCUT2D eigenvalue weighted by atomic mass is 32.2. The maximum Gasteiger partial charge on any atom is 0.271 e. The molecule has 4 rings (SSSR count). The molecular formula is C15H20N4OS. The number of anilines is 1. The van der Waals surface area contributed by atoms with Gasteiger partial charge in [-0.25, -0.2) is 9.97 Å². The van der Waals surface area contributed by atoms with E-state index >= 15 is 0 Å². The average molecular weight is 304 g/mol. The quantitative estimate of drug-likeness (QED) is 0.901. The molecule has 0 atom stereocenters. The van der Waals surface area contributed by atoms with E-state index in [4.69, 9.17) is 0 Å². The first-order valence-electron chi connectivity index (χ1n) is 7.29. The summed E-state index contributed by atoms with van der Waals surface area (Å²) in [6.07, 6.45) is 9.92. The van der Waals surface area contributed by atoms with Crippen molar-refractivity contribution in [3.05, 3.63) is 29.6 Å². The number of carbonyl (C=O) groups excluding carboxylic acids is 1. The molecule has 21 heavy (non-hydrogen) atoms. The number of hydrogen-bond donors (Lipinski definition) is 1. The predicted octanol–water partition coefficient (Wildman–Crippen LogP) is 1.93. The van der Waals surface area contributed by atoms with Crippen molar-refractivity contribution < 1.29 is 4.79 Å². The van der Waals surface area contributed by atoms with Crippen LogP contribution in [0.2, 0.25) is 0 Å². The Morgan fingerprint density at radius 1 is 1.38 bits per heavy atom. The fraction of sp³-hybridized carbons (Fsp3) is 0.533. The highest BCUT2D eigenvalue weighted by molar-refractivity contribution is 8.01. The fourth-order valence-corrected chi connectivity index (χ4v) is 3.33. The van der Waals surface area contributed by atoms with Crippen molar-refractivity contribution in [3.63, 3.8) is 0 Å². The molecule has 0 aromatic carbocycles. The topological polar surface area (TPSA) is 58.1 Å². The fourth-order valence-electron chi connectivity index (χ4n) is 3.05. The normalized spacial score (nSPS) is 24.0. The summed E-state index contributed by atoms with van der Waals surface area (Å²) >= 11 is 1.61. The van der Waals surface area contributed by atoms with Crippen molar-refractivity contribution in [3.8, 4) is 0 Å². The van der Waals surface area contributed by atoms with Gasteiger partial charge in [0.2, 0.25) is 0 Å². The second-order valence-electron chi connectivity index (χ2n) is 5.69. The van der Waals surface area contributed by atoms with Gasteiger partial charge in [-0.1, -0.05) is 6.08 Å². The molecule has 0 spiro atoms. The molecule has 6 heteroatoms. The maximum atomic E-state index is 11.9. The Morgan fingerprint density at radius 3 is 2.76 bits per heavy atom. The van der Waals surface area contributed by atoms with Crippen LogP contribution >= 0.6 is 11.8 Å². The number of rotatable bonds is 5. The second-order valence-corrected chi connectivity index (χ2v) is 6.43. The number of amides is 1. The minimum absolute atomic E-state index is 0.179. The summed E-state index contributed by atoms with van der Waals surface area (Å²) in [5.41, 5.74) is 0.374. The van der Waals surface area contributed by atoms with E-state index in [-0.39, 0.29) is 5.91 Å². The molecule has 1 aromatic heterocycles. The molecule has 3 fully saturated rings. The summed E-state index contributed by atoms with van der Waals surface area (Å²) in [6, 6.07) is 0. The number of aromatic nitrogens is 2. The molecule has 1 N–H and O–H groups in total. The van der Waals surface area contributed by atoms with Gasteiger partial charge in [0.05, 0.1) is 12.4 Å². The van der Waals surface area contributed by atoms with Gasteiger partial charge in [0.1, 0.15) is 11.5 Å². The Bertz CT molecular complexity index is 515. The Kier molecular flexibility index (Phi) is 4.43. The Morgan fingerprint density at radius 2 is 2.14 bits per heavy atom. The van der Waals surface area contributed by atoms with Gasteiger partial charge >= 0.3 is 0 Å². The zero-order valence-corrected chi connectivity index (χ0v) is 13.0. The lowest BCUT2D eigenvalue weighted by atomic mass is 9.71. The molecule has 0 unspecified atom stereocenters. The van der Waals surface area contributed by atoms with Crippen LogP contribution < -0.4 is 10.2 Å². The Hall–Kier alpha value is -1.56. The summed E-state index contributed by atoms with van der Waals surface area (Å²) in [4.78, 5) is 22.8. The third-order valence-electron chi connectivity index (χ3n) is 4.10. The predicted molar refractivity (Wildman–Crippen MR) is 85.4 cm³/mol. The van der Waals surface area contributed by atoms with Crippen molar-refractivity contribution in [2.24, 2.45) is 11.8 Å². The molecule has 2 bridgehead atoms. The highest BCUT2D eigenvalue weighted by Gasteiger charge is 2.37. The van der Waals surface area contributed by atoms with Gasteiger partial charge < -0.3 is 10.2 Å². The first kappa shape index (κ1) is 14.4. The lowest BCUT2D eigenvalue weighted by Gasteiger charge is -2.47. The summed E-state index contributed by atoms with van der Waals surface area (Å²) in [6.45, 7) is 2.67. The molecule has 2 aliphatic heterocycles. The van der Waals surface area contributed by atoms with Gasteiger partial charge in [-0.2, -0.15) is 0 Å². The van der Waals surface area contributed by atoms with E-state index in [2.05, 4.69) is 20.2 Å². The minimum atomic E-state index is -0.179. The zero-order chi connectivity index (χ0) is 14.7. The van der Waals surface area contributed by atoms with Crippen molar-refractivity contribution in [1.29, 1.82) is 0 Å². The molecule has 1 amide bonds. The van der Waals surface area contributed by atoms with E-state index in [1.807, 2.05) is 17.7 Å². The van der Waals surface area contributed by atoms with Crippen LogP contribution in [0.3, 0.4) is 0 Å². The lowest BCUT2D eigenvalue weighted by molar-refractivity contribution is 0.0952. The Balaban J connectivity index is 1.56. The van der Waals surface area contributed by atoms with Crippen molar-refractivity contribution in [2.45, 2.75) is 12.8 Å². The molecule has 1 aliphatic carbocycles. The third kappa shape index (κ3) is 3.37. The third-order valence-corrected chi connectivity index (χ3v) is 4.56. The van der Waals surface area contributed by atoms with Gasteiger partial charge in [0.15, 0.2) is 0 Å². The van der Waals surface area contributed by atoms with Crippen LogP contribution in [-0.2, 0) is 0 Å². The monoisotopic (exact) mass is 304 g/mol. The van der Waals surface area contributed by atoms with E-state index in [0.717, 1.165) is 30.7 Å². The number of fused-ring (bicyclic) bond motifs is 2. The first-order chi connectivity index (χ1) is 10.3. The van der Waals surface area contributed by atoms with Crippen LogP contribution in [0.4, 0.5) is 5.82 Å². The molecule has 1 aromatic rings. The van der Waals surface area contributed by atoms with Crippen LogP contribution in [-0.4, -0.2) is 41.8 Å². The molecule has 112 valence electrons. The molecule has 1 saturated carbocycles. The van der Waals surface area contributed by atoms with Crippen LogP contribution in [0.5, 0.6) is 0 Å². The summed E-state index contributed by atoms with van der Waals surface area (Å²) < 4.78 is 0. The largest absolute Gasteiger partial charge is 0.355 e. The standard InChI is InChI=1S/C15H20N4OS/c1-21-4-2-3-16-15(20)13-7-18-14(8-17-13)19-9-11-5-12(6-11)10-19/h2,4,7-8,11-12H,3,5-6,9-10H2,1H3,(H,16,20)/b4-2+.